The van der Waals surface area contributed by atoms with Crippen LogP contribution in [0.3, 0.4) is 0 Å². The van der Waals surface area contributed by atoms with Gasteiger partial charge in [-0.05, 0) is 0 Å². The van der Waals surface area contributed by atoms with Crippen molar-refractivity contribution in [3.05, 3.63) is 0 Å². The van der Waals surface area contributed by atoms with Crippen molar-refractivity contribution in [2.75, 3.05) is 0 Å². The van der Waals surface area contributed by atoms with Gasteiger partial charge in [0.25, 0.3) is 0 Å². The van der Waals surface area contributed by atoms with Gasteiger partial charge in [-0.3, -0.25) is 0 Å². The van der Waals surface area contributed by atoms with Crippen LogP contribution in [0.25, 0.3) is 0 Å². The highest BCUT2D eigenvalue weighted by Gasteiger charge is 1.96. The standard InChI is InChI=1S/C4H10S.H2O/c1-4(2,3)5;/h5H,1-3H3;1H2. The number of hydrogen-bond acceptors (Lipinski definition) is 1. The summed E-state index contributed by atoms with van der Waals surface area (Å²) in [6.45, 7) is 6.16. The fourth-order valence-electron chi connectivity index (χ4n) is 0. The summed E-state index contributed by atoms with van der Waals surface area (Å²) in [5, 5.41) is 0. The van der Waals surface area contributed by atoms with E-state index in [1.54, 1.807) is 0 Å². The molecule has 0 amide bonds. The van der Waals surface area contributed by atoms with Gasteiger partial charge >= 0.3 is 0 Å². The Hall–Kier alpha value is 0.310. The monoisotopic (exact) mass is 108 g/mol. The van der Waals surface area contributed by atoms with Crippen molar-refractivity contribution < 1.29 is 5.48 Å². The predicted molar refractivity (Wildman–Crippen MR) is 32.4 cm³/mol. The molecule has 2 heteroatoms. The summed E-state index contributed by atoms with van der Waals surface area (Å²) in [5.41, 5.74) is 0. The molecule has 0 rings (SSSR count). The molecule has 0 aliphatic heterocycles. The Labute approximate surface area is 44.5 Å². The summed E-state index contributed by atoms with van der Waals surface area (Å²) in [5.74, 6) is 0. The van der Waals surface area contributed by atoms with Gasteiger partial charge < -0.3 is 5.48 Å². The van der Waals surface area contributed by atoms with Gasteiger partial charge in [0.05, 0.1) is 0 Å². The first kappa shape index (κ1) is 9.58. The summed E-state index contributed by atoms with van der Waals surface area (Å²) in [6.07, 6.45) is 0. The van der Waals surface area contributed by atoms with Crippen LogP contribution in [-0.4, -0.2) is 10.2 Å². The third-order valence-electron chi connectivity index (χ3n) is 0. The molecule has 0 saturated heterocycles. The lowest BCUT2D eigenvalue weighted by Gasteiger charge is -2.04. The first-order valence-corrected chi connectivity index (χ1v) is 2.17. The van der Waals surface area contributed by atoms with Gasteiger partial charge in [-0.2, -0.15) is 12.6 Å². The molecule has 0 atom stereocenters. The maximum absolute atomic E-state index is 4.12. The first-order chi connectivity index (χ1) is 2.00. The molecule has 2 N–H and O–H groups in total. The number of hydrogen-bond donors (Lipinski definition) is 1. The van der Waals surface area contributed by atoms with Crippen LogP contribution >= 0.6 is 12.6 Å². The molecule has 0 aromatic carbocycles. The van der Waals surface area contributed by atoms with Crippen molar-refractivity contribution in [2.24, 2.45) is 0 Å². The number of thiol groups is 1. The van der Waals surface area contributed by atoms with Crippen LogP contribution in [-0.2, 0) is 0 Å². The highest BCUT2D eigenvalue weighted by Crippen LogP contribution is 2.07. The quantitative estimate of drug-likeness (QED) is 0.447. The molecule has 0 bridgehead atoms. The Bertz CT molecular complexity index is 23.0. The molecule has 0 fully saturated rings. The zero-order valence-electron chi connectivity index (χ0n) is 4.45. The van der Waals surface area contributed by atoms with Gasteiger partial charge in [0.2, 0.25) is 0 Å². The third kappa shape index (κ3) is 491. The average molecular weight is 108 g/mol. The summed E-state index contributed by atoms with van der Waals surface area (Å²) < 4.78 is 0.194. The van der Waals surface area contributed by atoms with E-state index < -0.39 is 0 Å². The molecule has 0 unspecified atom stereocenters. The zero-order chi connectivity index (χ0) is 4.50. The Kier molecular flexibility index (Phi) is 3.95. The van der Waals surface area contributed by atoms with E-state index in [9.17, 15) is 0 Å². The van der Waals surface area contributed by atoms with Crippen molar-refractivity contribution in [1.29, 1.82) is 0 Å². The summed E-state index contributed by atoms with van der Waals surface area (Å²) in [6, 6.07) is 0. The van der Waals surface area contributed by atoms with Crippen molar-refractivity contribution in [3.63, 3.8) is 0 Å². The van der Waals surface area contributed by atoms with Crippen LogP contribution in [0.1, 0.15) is 20.8 Å². The van der Waals surface area contributed by atoms with E-state index in [0.29, 0.717) is 0 Å². The van der Waals surface area contributed by atoms with Crippen molar-refractivity contribution >= 4 is 12.6 Å². The molecular formula is C4H12OS. The minimum atomic E-state index is 0. The van der Waals surface area contributed by atoms with Gasteiger partial charge in [0.1, 0.15) is 0 Å². The smallest absolute Gasteiger partial charge is 0.00449 e. The fourth-order valence-corrected chi connectivity index (χ4v) is 0. The van der Waals surface area contributed by atoms with E-state index in [2.05, 4.69) is 33.4 Å². The molecule has 1 nitrogen and oxygen atoms in total. The first-order valence-electron chi connectivity index (χ1n) is 1.72. The van der Waals surface area contributed by atoms with E-state index in [1.807, 2.05) is 0 Å². The molecule has 0 radical (unpaired) electrons. The van der Waals surface area contributed by atoms with Crippen molar-refractivity contribution in [2.45, 2.75) is 25.5 Å². The largest absolute Gasteiger partial charge is 0.412 e. The van der Waals surface area contributed by atoms with Crippen LogP contribution in [0.4, 0.5) is 0 Å². The van der Waals surface area contributed by atoms with Crippen LogP contribution in [0.15, 0.2) is 0 Å². The maximum atomic E-state index is 4.12. The predicted octanol–water partition coefficient (Wildman–Crippen LogP) is 0.890. The average Bonchev–Trinajstić information content (AvgIpc) is 0.722. The molecule has 6 heavy (non-hydrogen) atoms. The fraction of sp³-hybridized carbons (Fsp3) is 1.00. The molecular weight excluding hydrogens is 96.1 g/mol. The lowest BCUT2D eigenvalue weighted by Crippen LogP contribution is -1.99. The van der Waals surface area contributed by atoms with Crippen LogP contribution in [0, 0.1) is 0 Å². The van der Waals surface area contributed by atoms with Gasteiger partial charge in [0.15, 0.2) is 0 Å². The summed E-state index contributed by atoms with van der Waals surface area (Å²) >= 11 is 4.12. The van der Waals surface area contributed by atoms with E-state index in [1.165, 1.54) is 0 Å². The molecule has 0 aliphatic carbocycles. The summed E-state index contributed by atoms with van der Waals surface area (Å²) in [4.78, 5) is 0. The van der Waals surface area contributed by atoms with Crippen molar-refractivity contribution in [1.82, 2.24) is 0 Å². The highest BCUT2D eigenvalue weighted by atomic mass is 32.1. The molecule has 0 heterocycles. The third-order valence-corrected chi connectivity index (χ3v) is 0. The SMILES string of the molecule is CC(C)(C)S.O. The van der Waals surface area contributed by atoms with E-state index in [0.717, 1.165) is 0 Å². The zero-order valence-corrected chi connectivity index (χ0v) is 5.34. The Balaban J connectivity index is 0. The van der Waals surface area contributed by atoms with Crippen molar-refractivity contribution in [3.8, 4) is 0 Å². The van der Waals surface area contributed by atoms with E-state index >= 15 is 0 Å². The van der Waals surface area contributed by atoms with Gasteiger partial charge in [-0.1, -0.05) is 20.8 Å². The molecule has 0 aromatic heterocycles. The highest BCUT2D eigenvalue weighted by molar-refractivity contribution is 7.81. The van der Waals surface area contributed by atoms with Crippen LogP contribution in [0.2, 0.25) is 0 Å². The molecule has 0 aliphatic rings. The van der Waals surface area contributed by atoms with Crippen LogP contribution in [0.5, 0.6) is 0 Å². The second-order valence-corrected chi connectivity index (χ2v) is 3.51. The van der Waals surface area contributed by atoms with Gasteiger partial charge in [0, 0.05) is 4.75 Å². The summed E-state index contributed by atoms with van der Waals surface area (Å²) in [7, 11) is 0. The molecule has 0 saturated carbocycles. The van der Waals surface area contributed by atoms with E-state index in [4.69, 9.17) is 0 Å². The van der Waals surface area contributed by atoms with E-state index in [-0.39, 0.29) is 10.2 Å². The topological polar surface area (TPSA) is 31.5 Å². The van der Waals surface area contributed by atoms with Gasteiger partial charge in [-0.25, -0.2) is 0 Å². The molecule has 0 aromatic rings. The second kappa shape index (κ2) is 2.48. The Morgan fingerprint density at radius 3 is 1.17 bits per heavy atom. The van der Waals surface area contributed by atoms with Gasteiger partial charge in [-0.15, -0.1) is 0 Å². The Morgan fingerprint density at radius 2 is 1.17 bits per heavy atom. The lowest BCUT2D eigenvalue weighted by molar-refractivity contribution is 0.812. The maximum Gasteiger partial charge on any atom is 0.00449 e. The van der Waals surface area contributed by atoms with Crippen LogP contribution < -0.4 is 0 Å². The second-order valence-electron chi connectivity index (χ2n) is 2.17. The normalized spacial score (nSPS) is 10.0. The molecule has 40 valence electrons. The minimum Gasteiger partial charge on any atom is -0.412 e. The number of rotatable bonds is 0. The molecule has 0 spiro atoms. The lowest BCUT2D eigenvalue weighted by atomic mass is 10.3. The minimum absolute atomic E-state index is 0. The Morgan fingerprint density at radius 1 is 1.17 bits per heavy atom.